The molecule has 0 aliphatic carbocycles. The van der Waals surface area contributed by atoms with Gasteiger partial charge in [-0.2, -0.15) is 22.0 Å². The first-order valence-corrected chi connectivity index (χ1v) is 6.99. The van der Waals surface area contributed by atoms with Gasteiger partial charge in [0.1, 0.15) is 5.75 Å². The highest BCUT2D eigenvalue weighted by Crippen LogP contribution is 2.52. The Bertz CT molecular complexity index is 732. The Kier molecular flexibility index (Phi) is 4.79. The first-order valence-electron chi connectivity index (χ1n) is 6.61. The third kappa shape index (κ3) is 2.93. The van der Waals surface area contributed by atoms with Crippen LogP contribution in [0.5, 0.6) is 5.75 Å². The molecule has 0 spiro atoms. The molecule has 1 unspecified atom stereocenters. The number of benzene rings is 2. The van der Waals surface area contributed by atoms with Gasteiger partial charge in [0.2, 0.25) is 0 Å². The summed E-state index contributed by atoms with van der Waals surface area (Å²) in [6.07, 6.45) is -5.99. The number of methoxy groups -OCH3 is 1. The molecule has 0 radical (unpaired) electrons. The van der Waals surface area contributed by atoms with Crippen molar-refractivity contribution in [1.29, 1.82) is 0 Å². The zero-order valence-corrected chi connectivity index (χ0v) is 13.0. The van der Waals surface area contributed by atoms with Gasteiger partial charge in [-0.15, -0.1) is 0 Å². The second kappa shape index (κ2) is 6.22. The molecule has 2 nitrogen and oxygen atoms in total. The fourth-order valence-electron chi connectivity index (χ4n) is 2.30. The summed E-state index contributed by atoms with van der Waals surface area (Å²) in [5.41, 5.74) is -5.04. The number of rotatable bonds is 4. The molecule has 0 aliphatic rings. The molecule has 130 valence electrons. The third-order valence-corrected chi connectivity index (χ3v) is 3.78. The van der Waals surface area contributed by atoms with E-state index in [2.05, 4.69) is 0 Å². The van der Waals surface area contributed by atoms with E-state index in [1.54, 1.807) is 0 Å². The third-order valence-electron chi connectivity index (χ3n) is 3.54. The highest BCUT2D eigenvalue weighted by Gasteiger charge is 2.71. The normalized spacial score (nSPS) is 15.0. The molecule has 0 saturated heterocycles. The van der Waals surface area contributed by atoms with Crippen LogP contribution in [-0.2, 0) is 5.60 Å². The first kappa shape index (κ1) is 18.5. The van der Waals surface area contributed by atoms with E-state index in [0.29, 0.717) is 0 Å². The summed E-state index contributed by atoms with van der Waals surface area (Å²) in [6, 6.07) is 8.72. The lowest BCUT2D eigenvalue weighted by molar-refractivity contribution is -0.336. The van der Waals surface area contributed by atoms with Crippen molar-refractivity contribution in [3.05, 3.63) is 64.7 Å². The standard InChI is InChI=1S/C16H12ClF5O2/c1-24-13-7-3-5-11(9-13)14(23,15(18,19)16(20,21)22)10-4-2-6-12(17)8-10/h2-9,23H,1H3. The second-order valence-electron chi connectivity index (χ2n) is 5.02. The number of halogens is 6. The summed E-state index contributed by atoms with van der Waals surface area (Å²) >= 11 is 5.70. The zero-order chi connectivity index (χ0) is 18.2. The van der Waals surface area contributed by atoms with Gasteiger partial charge >= 0.3 is 12.1 Å². The van der Waals surface area contributed by atoms with Crippen LogP contribution in [0.25, 0.3) is 0 Å². The summed E-state index contributed by atoms with van der Waals surface area (Å²) in [6.45, 7) is 0. The molecule has 0 fully saturated rings. The lowest BCUT2D eigenvalue weighted by atomic mass is 9.80. The topological polar surface area (TPSA) is 29.5 Å². The minimum atomic E-state index is -5.99. The van der Waals surface area contributed by atoms with Crippen LogP contribution in [0.4, 0.5) is 22.0 Å². The quantitative estimate of drug-likeness (QED) is 0.789. The highest BCUT2D eigenvalue weighted by molar-refractivity contribution is 6.30. The molecule has 1 atom stereocenters. The number of ether oxygens (including phenoxy) is 1. The summed E-state index contributed by atoms with van der Waals surface area (Å²) in [5.74, 6) is -5.46. The van der Waals surface area contributed by atoms with Crippen molar-refractivity contribution in [1.82, 2.24) is 0 Å². The van der Waals surface area contributed by atoms with Crippen molar-refractivity contribution in [3.63, 3.8) is 0 Å². The Hall–Kier alpha value is -1.86. The van der Waals surface area contributed by atoms with E-state index in [1.165, 1.54) is 31.4 Å². The predicted octanol–water partition coefficient (Wildman–Crippen LogP) is 4.78. The summed E-state index contributed by atoms with van der Waals surface area (Å²) in [7, 11) is 1.22. The molecule has 24 heavy (non-hydrogen) atoms. The van der Waals surface area contributed by atoms with E-state index < -0.39 is 28.8 Å². The number of alkyl halides is 5. The Labute approximate surface area is 139 Å². The van der Waals surface area contributed by atoms with Crippen molar-refractivity contribution in [3.8, 4) is 5.75 Å². The Morgan fingerprint density at radius 2 is 1.46 bits per heavy atom. The van der Waals surface area contributed by atoms with Crippen LogP contribution in [0.3, 0.4) is 0 Å². The van der Waals surface area contributed by atoms with E-state index in [-0.39, 0.29) is 10.8 Å². The van der Waals surface area contributed by atoms with Crippen LogP contribution in [0, 0.1) is 0 Å². The first-order chi connectivity index (χ1) is 11.0. The lowest BCUT2D eigenvalue weighted by Gasteiger charge is -2.37. The summed E-state index contributed by atoms with van der Waals surface area (Å²) in [4.78, 5) is 0. The van der Waals surface area contributed by atoms with Gasteiger partial charge in [-0.05, 0) is 35.4 Å². The van der Waals surface area contributed by atoms with E-state index in [0.717, 1.165) is 24.3 Å². The Morgan fingerprint density at radius 1 is 0.917 bits per heavy atom. The van der Waals surface area contributed by atoms with Crippen molar-refractivity contribution in [2.45, 2.75) is 17.7 Å². The van der Waals surface area contributed by atoms with Gasteiger partial charge in [0.25, 0.3) is 0 Å². The molecule has 0 heterocycles. The molecular weight excluding hydrogens is 355 g/mol. The second-order valence-corrected chi connectivity index (χ2v) is 5.46. The molecule has 2 rings (SSSR count). The van der Waals surface area contributed by atoms with Crippen LogP contribution in [0.15, 0.2) is 48.5 Å². The van der Waals surface area contributed by atoms with Gasteiger partial charge < -0.3 is 9.84 Å². The molecule has 1 N–H and O–H groups in total. The van der Waals surface area contributed by atoms with Crippen LogP contribution in [-0.4, -0.2) is 24.3 Å². The largest absolute Gasteiger partial charge is 0.497 e. The molecule has 0 amide bonds. The van der Waals surface area contributed by atoms with Crippen LogP contribution in [0.1, 0.15) is 11.1 Å². The van der Waals surface area contributed by atoms with Gasteiger partial charge in [0.15, 0.2) is 5.60 Å². The van der Waals surface area contributed by atoms with E-state index in [1.807, 2.05) is 0 Å². The minimum Gasteiger partial charge on any atom is -0.497 e. The summed E-state index contributed by atoms with van der Waals surface area (Å²) < 4.78 is 72.4. The van der Waals surface area contributed by atoms with E-state index >= 15 is 0 Å². The van der Waals surface area contributed by atoms with Gasteiger partial charge in [-0.3, -0.25) is 0 Å². The van der Waals surface area contributed by atoms with Crippen LogP contribution in [0.2, 0.25) is 5.02 Å². The monoisotopic (exact) mass is 366 g/mol. The molecule has 0 bridgehead atoms. The minimum absolute atomic E-state index is 0.0194. The van der Waals surface area contributed by atoms with Gasteiger partial charge in [0, 0.05) is 5.02 Å². The number of hydrogen-bond acceptors (Lipinski definition) is 2. The number of hydrogen-bond donors (Lipinski definition) is 1. The molecule has 0 aliphatic heterocycles. The maximum atomic E-state index is 14.3. The molecule has 0 saturated carbocycles. The average Bonchev–Trinajstić information content (AvgIpc) is 2.52. The van der Waals surface area contributed by atoms with Gasteiger partial charge in [0.05, 0.1) is 7.11 Å². The predicted molar refractivity (Wildman–Crippen MR) is 78.4 cm³/mol. The van der Waals surface area contributed by atoms with Gasteiger partial charge in [-0.25, -0.2) is 0 Å². The lowest BCUT2D eigenvalue weighted by Crippen LogP contribution is -2.55. The van der Waals surface area contributed by atoms with E-state index in [9.17, 15) is 27.1 Å². The highest BCUT2D eigenvalue weighted by atomic mass is 35.5. The van der Waals surface area contributed by atoms with E-state index in [4.69, 9.17) is 16.3 Å². The molecule has 2 aromatic rings. The fourth-order valence-corrected chi connectivity index (χ4v) is 2.49. The van der Waals surface area contributed by atoms with Crippen LogP contribution >= 0.6 is 11.6 Å². The molecule has 0 aromatic heterocycles. The zero-order valence-electron chi connectivity index (χ0n) is 12.2. The fraction of sp³-hybridized carbons (Fsp3) is 0.250. The molecule has 8 heteroatoms. The van der Waals surface area contributed by atoms with Crippen LogP contribution < -0.4 is 4.74 Å². The smallest absolute Gasteiger partial charge is 0.457 e. The molecule has 2 aromatic carbocycles. The summed E-state index contributed by atoms with van der Waals surface area (Å²) in [5, 5.41) is 10.5. The van der Waals surface area contributed by atoms with Crippen molar-refractivity contribution in [2.75, 3.05) is 7.11 Å². The maximum Gasteiger partial charge on any atom is 0.457 e. The van der Waals surface area contributed by atoms with Crippen molar-refractivity contribution in [2.24, 2.45) is 0 Å². The maximum absolute atomic E-state index is 14.3. The number of aliphatic hydroxyl groups is 1. The van der Waals surface area contributed by atoms with Crippen molar-refractivity contribution < 1.29 is 31.8 Å². The van der Waals surface area contributed by atoms with Gasteiger partial charge in [-0.1, -0.05) is 35.9 Å². The van der Waals surface area contributed by atoms with Crippen molar-refractivity contribution >= 4 is 11.6 Å². The Morgan fingerprint density at radius 3 is 1.96 bits per heavy atom. The average molecular weight is 367 g/mol. The Balaban J connectivity index is 2.79. The SMILES string of the molecule is COc1cccc(C(O)(c2cccc(Cl)c2)C(F)(F)C(F)(F)F)c1. The molecular formula is C16H12ClF5O2.